The first kappa shape index (κ1) is 27.8. The van der Waals surface area contributed by atoms with Crippen molar-refractivity contribution in [1.82, 2.24) is 5.32 Å². The van der Waals surface area contributed by atoms with Crippen LogP contribution in [0.15, 0.2) is 0 Å². The minimum Gasteiger partial charge on any atom is -0.394 e. The van der Waals surface area contributed by atoms with Gasteiger partial charge in [0.2, 0.25) is 0 Å². The molecule has 170 valence electrons. The molecule has 0 saturated carbocycles. The van der Waals surface area contributed by atoms with Gasteiger partial charge < -0.3 is 10.4 Å². The van der Waals surface area contributed by atoms with Gasteiger partial charge in [-0.25, -0.2) is 4.18 Å². The van der Waals surface area contributed by atoms with Gasteiger partial charge in [0.1, 0.15) is 6.10 Å². The van der Waals surface area contributed by atoms with Crippen molar-refractivity contribution in [2.45, 2.75) is 116 Å². The molecule has 0 aliphatic carbocycles. The minimum absolute atomic E-state index is 0.203. The van der Waals surface area contributed by atoms with E-state index in [4.69, 9.17) is 9.66 Å². The quantitative estimate of drug-likeness (QED) is 0.167. The fourth-order valence-electron chi connectivity index (χ4n) is 3.36. The van der Waals surface area contributed by atoms with E-state index >= 15 is 0 Å². The Labute approximate surface area is 173 Å². The van der Waals surface area contributed by atoms with E-state index in [9.17, 15) is 8.42 Å². The van der Waals surface area contributed by atoms with E-state index in [1.165, 1.54) is 89.9 Å². The molecule has 7 heteroatoms. The van der Waals surface area contributed by atoms with Crippen LogP contribution in [0.5, 0.6) is 0 Å². The summed E-state index contributed by atoms with van der Waals surface area (Å²) in [5, 5.41) is 12.0. The Morgan fingerprint density at radius 2 is 1.14 bits per heavy atom. The van der Waals surface area contributed by atoms with Crippen molar-refractivity contribution in [3.63, 3.8) is 0 Å². The Bertz CT molecular complexity index is 417. The highest BCUT2D eigenvalue weighted by Gasteiger charge is 2.15. The minimum atomic E-state index is -4.51. The van der Waals surface area contributed by atoms with E-state index in [0.29, 0.717) is 0 Å². The smallest absolute Gasteiger partial charge is 0.394 e. The zero-order valence-electron chi connectivity index (χ0n) is 18.0. The van der Waals surface area contributed by atoms with Gasteiger partial charge in [0.05, 0.1) is 6.61 Å². The van der Waals surface area contributed by atoms with Gasteiger partial charge in [-0.05, 0) is 13.0 Å². The van der Waals surface area contributed by atoms with E-state index in [1.54, 1.807) is 0 Å². The third kappa shape index (κ3) is 22.1. The maximum absolute atomic E-state index is 10.6. The highest BCUT2D eigenvalue weighted by molar-refractivity contribution is 7.80. The van der Waals surface area contributed by atoms with Gasteiger partial charge >= 0.3 is 10.4 Å². The normalized spacial score (nSPS) is 13.1. The van der Waals surface area contributed by atoms with Crippen molar-refractivity contribution in [3.8, 4) is 0 Å². The maximum atomic E-state index is 10.6. The van der Waals surface area contributed by atoms with Crippen molar-refractivity contribution in [2.24, 2.45) is 0 Å². The summed E-state index contributed by atoms with van der Waals surface area (Å²) in [6.45, 7) is 2.77. The van der Waals surface area contributed by atoms with Crippen LogP contribution in [0.3, 0.4) is 0 Å². The van der Waals surface area contributed by atoms with Crippen LogP contribution in [0.1, 0.15) is 110 Å². The molecule has 1 atom stereocenters. The van der Waals surface area contributed by atoms with Crippen molar-refractivity contribution in [3.05, 3.63) is 0 Å². The molecule has 3 N–H and O–H groups in total. The second kappa shape index (κ2) is 20.1. The Kier molecular flexibility index (Phi) is 19.9. The summed E-state index contributed by atoms with van der Waals surface area (Å²) < 4.78 is 34.1. The SMILES string of the molecule is CCCCCCCCCCCCCCCCCCNCC(CO)OS(=O)(=O)O. The summed E-state index contributed by atoms with van der Waals surface area (Å²) in [4.78, 5) is 0. The molecular weight excluding hydrogens is 378 g/mol. The van der Waals surface area contributed by atoms with E-state index in [-0.39, 0.29) is 6.54 Å². The molecule has 0 aliphatic rings. The second-order valence-electron chi connectivity index (χ2n) is 7.84. The Hall–Kier alpha value is -0.210. The molecular formula is C21H45NO5S. The molecule has 0 rings (SSSR count). The standard InChI is InChI=1S/C21H45NO5S/c1-2-3-4-5-6-7-8-9-10-11-12-13-14-15-16-17-18-22-19-21(20-23)27-28(24,25)26/h21-23H,2-20H2,1H3,(H,24,25,26). The monoisotopic (exact) mass is 423 g/mol. The van der Waals surface area contributed by atoms with E-state index < -0.39 is 23.1 Å². The molecule has 0 aromatic rings. The molecule has 1 unspecified atom stereocenters. The van der Waals surface area contributed by atoms with Crippen molar-refractivity contribution in [1.29, 1.82) is 0 Å². The average Bonchev–Trinajstić information content (AvgIpc) is 2.65. The topological polar surface area (TPSA) is 95.9 Å². The first-order chi connectivity index (χ1) is 13.5. The number of rotatable bonds is 22. The van der Waals surface area contributed by atoms with Crippen molar-refractivity contribution >= 4 is 10.4 Å². The van der Waals surface area contributed by atoms with Crippen LogP contribution in [-0.4, -0.2) is 43.9 Å². The van der Waals surface area contributed by atoms with Crippen LogP contribution in [-0.2, 0) is 14.6 Å². The highest BCUT2D eigenvalue weighted by atomic mass is 32.3. The number of aliphatic hydroxyl groups excluding tert-OH is 1. The molecule has 0 spiro atoms. The largest absolute Gasteiger partial charge is 0.397 e. The lowest BCUT2D eigenvalue weighted by Crippen LogP contribution is -2.34. The van der Waals surface area contributed by atoms with Gasteiger partial charge in [0.15, 0.2) is 0 Å². The molecule has 0 aromatic carbocycles. The average molecular weight is 424 g/mol. The third-order valence-electron chi connectivity index (χ3n) is 5.04. The van der Waals surface area contributed by atoms with E-state index in [2.05, 4.69) is 16.4 Å². The summed E-state index contributed by atoms with van der Waals surface area (Å²) in [7, 11) is -4.51. The van der Waals surface area contributed by atoms with Crippen molar-refractivity contribution < 1.29 is 22.3 Å². The van der Waals surface area contributed by atoms with Crippen molar-refractivity contribution in [2.75, 3.05) is 19.7 Å². The number of aliphatic hydroxyl groups is 1. The first-order valence-corrected chi connectivity index (χ1v) is 12.8. The summed E-state index contributed by atoms with van der Waals surface area (Å²) in [6.07, 6.45) is 20.4. The zero-order chi connectivity index (χ0) is 20.9. The molecule has 0 radical (unpaired) electrons. The summed E-state index contributed by atoms with van der Waals surface area (Å²) in [6, 6.07) is 0. The first-order valence-electron chi connectivity index (χ1n) is 11.5. The van der Waals surface area contributed by atoms with Crippen LogP contribution in [0.2, 0.25) is 0 Å². The zero-order valence-corrected chi connectivity index (χ0v) is 18.9. The Balaban J connectivity index is 3.21. The van der Waals surface area contributed by atoms with Crippen LogP contribution < -0.4 is 5.32 Å². The van der Waals surface area contributed by atoms with Crippen LogP contribution >= 0.6 is 0 Å². The molecule has 0 aromatic heterocycles. The lowest BCUT2D eigenvalue weighted by Gasteiger charge is -2.13. The second-order valence-corrected chi connectivity index (χ2v) is 8.88. The van der Waals surface area contributed by atoms with E-state index in [0.717, 1.165) is 19.4 Å². The van der Waals surface area contributed by atoms with E-state index in [1.807, 2.05) is 0 Å². The lowest BCUT2D eigenvalue weighted by molar-refractivity contribution is 0.107. The summed E-state index contributed by atoms with van der Waals surface area (Å²) in [5.41, 5.74) is 0. The number of hydrogen-bond donors (Lipinski definition) is 3. The predicted molar refractivity (Wildman–Crippen MR) is 116 cm³/mol. The number of hydrogen-bond acceptors (Lipinski definition) is 5. The van der Waals surface area contributed by atoms with Gasteiger partial charge in [-0.15, -0.1) is 0 Å². The number of nitrogens with one attached hydrogen (secondary N) is 1. The molecule has 0 fully saturated rings. The summed E-state index contributed by atoms with van der Waals surface area (Å²) in [5.74, 6) is 0. The van der Waals surface area contributed by atoms with Gasteiger partial charge in [-0.2, -0.15) is 8.42 Å². The molecule has 0 bridgehead atoms. The Morgan fingerprint density at radius 3 is 1.50 bits per heavy atom. The lowest BCUT2D eigenvalue weighted by atomic mass is 10.0. The maximum Gasteiger partial charge on any atom is 0.397 e. The fourth-order valence-corrected chi connectivity index (χ4v) is 3.83. The van der Waals surface area contributed by atoms with Crippen LogP contribution in [0.25, 0.3) is 0 Å². The van der Waals surface area contributed by atoms with Crippen LogP contribution in [0.4, 0.5) is 0 Å². The van der Waals surface area contributed by atoms with Crippen LogP contribution in [0, 0.1) is 0 Å². The van der Waals surface area contributed by atoms with Gasteiger partial charge in [-0.1, -0.05) is 103 Å². The summed E-state index contributed by atoms with van der Waals surface area (Å²) >= 11 is 0. The fraction of sp³-hybridized carbons (Fsp3) is 1.00. The molecule has 0 aliphatic heterocycles. The predicted octanol–water partition coefficient (Wildman–Crippen LogP) is 5.02. The van der Waals surface area contributed by atoms with Gasteiger partial charge in [-0.3, -0.25) is 4.55 Å². The molecule has 0 amide bonds. The molecule has 6 nitrogen and oxygen atoms in total. The van der Waals surface area contributed by atoms with Gasteiger partial charge in [0, 0.05) is 6.54 Å². The third-order valence-corrected chi connectivity index (χ3v) is 5.56. The molecule has 0 saturated heterocycles. The molecule has 28 heavy (non-hydrogen) atoms. The Morgan fingerprint density at radius 1 is 0.750 bits per heavy atom. The molecule has 0 heterocycles. The van der Waals surface area contributed by atoms with Gasteiger partial charge in [0.25, 0.3) is 0 Å². The number of unbranched alkanes of at least 4 members (excludes halogenated alkanes) is 15. The highest BCUT2D eigenvalue weighted by Crippen LogP contribution is 2.13.